The van der Waals surface area contributed by atoms with E-state index in [9.17, 15) is 4.39 Å². The number of benzene rings is 1. The summed E-state index contributed by atoms with van der Waals surface area (Å²) >= 11 is 5.81. The monoisotopic (exact) mass is 242 g/mol. The van der Waals surface area contributed by atoms with Crippen LogP contribution >= 0.6 is 11.6 Å². The molecule has 1 aliphatic carbocycles. The molecule has 0 heterocycles. The van der Waals surface area contributed by atoms with E-state index in [1.807, 2.05) is 0 Å². The Balaban J connectivity index is 2.18. The van der Waals surface area contributed by atoms with Crippen LogP contribution in [0.15, 0.2) is 18.2 Å². The second-order valence-electron chi connectivity index (χ2n) is 4.47. The number of hydrogen-bond donors (Lipinski definition) is 2. The van der Waals surface area contributed by atoms with Crippen molar-refractivity contribution in [2.45, 2.75) is 31.2 Å². The van der Waals surface area contributed by atoms with E-state index in [1.165, 1.54) is 25.0 Å². The number of nitrogens with two attached hydrogens (primary N) is 1. The van der Waals surface area contributed by atoms with Gasteiger partial charge in [-0.15, -0.1) is 0 Å². The maximum Gasteiger partial charge on any atom is 0.126 e. The summed E-state index contributed by atoms with van der Waals surface area (Å²) in [5.41, 5.74) is 6.45. The van der Waals surface area contributed by atoms with Gasteiger partial charge >= 0.3 is 0 Å². The zero-order valence-electron chi connectivity index (χ0n) is 9.10. The molecule has 0 spiro atoms. The largest absolute Gasteiger partial charge is 0.378 e. The average Bonchev–Trinajstić information content (AvgIpc) is 2.65. The second-order valence-corrected chi connectivity index (χ2v) is 4.91. The van der Waals surface area contributed by atoms with Gasteiger partial charge in [-0.25, -0.2) is 4.39 Å². The van der Waals surface area contributed by atoms with E-state index in [2.05, 4.69) is 5.32 Å². The fourth-order valence-electron chi connectivity index (χ4n) is 2.36. The fourth-order valence-corrected chi connectivity index (χ4v) is 2.59. The smallest absolute Gasteiger partial charge is 0.126 e. The molecule has 3 N–H and O–H groups in total. The highest BCUT2D eigenvalue weighted by atomic mass is 35.5. The Hall–Kier alpha value is -0.800. The first-order valence-electron chi connectivity index (χ1n) is 5.58. The molecule has 1 saturated carbocycles. The molecule has 1 fully saturated rings. The lowest BCUT2D eigenvalue weighted by molar-refractivity contribution is 0.492. The van der Waals surface area contributed by atoms with Gasteiger partial charge in [0.15, 0.2) is 0 Å². The lowest BCUT2D eigenvalue weighted by Gasteiger charge is -2.30. The summed E-state index contributed by atoms with van der Waals surface area (Å²) in [5, 5.41) is 3.75. The van der Waals surface area contributed by atoms with Crippen molar-refractivity contribution >= 4 is 17.3 Å². The zero-order chi connectivity index (χ0) is 11.6. The van der Waals surface area contributed by atoms with Crippen molar-refractivity contribution in [2.24, 2.45) is 5.73 Å². The molecule has 0 bridgehead atoms. The van der Waals surface area contributed by atoms with E-state index in [0.717, 1.165) is 18.5 Å². The van der Waals surface area contributed by atoms with Crippen LogP contribution in [-0.4, -0.2) is 12.1 Å². The molecule has 1 aromatic rings. The minimum atomic E-state index is -0.319. The van der Waals surface area contributed by atoms with Crippen LogP contribution in [0.5, 0.6) is 0 Å². The van der Waals surface area contributed by atoms with Gasteiger partial charge in [0.25, 0.3) is 0 Å². The molecule has 0 aromatic heterocycles. The van der Waals surface area contributed by atoms with Crippen LogP contribution < -0.4 is 11.1 Å². The number of rotatable bonds is 3. The molecule has 2 rings (SSSR count). The highest BCUT2D eigenvalue weighted by Gasteiger charge is 2.32. The molecular weight excluding hydrogens is 227 g/mol. The summed E-state index contributed by atoms with van der Waals surface area (Å²) < 4.78 is 13.2. The summed E-state index contributed by atoms with van der Waals surface area (Å²) in [6, 6.07) is 4.50. The van der Waals surface area contributed by atoms with E-state index < -0.39 is 0 Å². The number of halogens is 2. The van der Waals surface area contributed by atoms with Crippen LogP contribution in [0.25, 0.3) is 0 Å². The summed E-state index contributed by atoms with van der Waals surface area (Å²) in [7, 11) is 0. The molecule has 88 valence electrons. The molecule has 0 saturated heterocycles. The van der Waals surface area contributed by atoms with Crippen molar-refractivity contribution in [1.29, 1.82) is 0 Å². The summed E-state index contributed by atoms with van der Waals surface area (Å²) in [6.45, 7) is 0.571. The maximum atomic E-state index is 13.2. The molecule has 0 radical (unpaired) electrons. The van der Waals surface area contributed by atoms with Crippen LogP contribution in [0.1, 0.15) is 25.7 Å². The van der Waals surface area contributed by atoms with E-state index in [0.29, 0.717) is 11.6 Å². The van der Waals surface area contributed by atoms with Crippen LogP contribution in [-0.2, 0) is 0 Å². The van der Waals surface area contributed by atoms with Crippen LogP contribution in [0.4, 0.5) is 10.1 Å². The SMILES string of the molecule is NCC1(Nc2cc(F)cc(Cl)c2)CCCC1. The van der Waals surface area contributed by atoms with Crippen molar-refractivity contribution in [1.82, 2.24) is 0 Å². The standard InChI is InChI=1S/C12H16ClFN2/c13-9-5-10(14)7-11(6-9)16-12(8-15)3-1-2-4-12/h5-7,16H,1-4,8,15H2. The Kier molecular flexibility index (Phi) is 3.36. The van der Waals surface area contributed by atoms with E-state index in [-0.39, 0.29) is 11.4 Å². The summed E-state index contributed by atoms with van der Waals surface area (Å²) in [6.07, 6.45) is 4.43. The molecule has 0 atom stereocenters. The summed E-state index contributed by atoms with van der Waals surface area (Å²) in [5.74, 6) is -0.319. The number of anilines is 1. The maximum absolute atomic E-state index is 13.2. The molecule has 1 aliphatic rings. The normalized spacial score (nSPS) is 18.7. The quantitative estimate of drug-likeness (QED) is 0.855. The fraction of sp³-hybridized carbons (Fsp3) is 0.500. The van der Waals surface area contributed by atoms with Gasteiger partial charge in [-0.3, -0.25) is 0 Å². The zero-order valence-corrected chi connectivity index (χ0v) is 9.86. The predicted octanol–water partition coefficient (Wildman–Crippen LogP) is 3.16. The average molecular weight is 243 g/mol. The van der Waals surface area contributed by atoms with Gasteiger partial charge in [0.2, 0.25) is 0 Å². The van der Waals surface area contributed by atoms with Crippen molar-refractivity contribution in [3.05, 3.63) is 29.0 Å². The Morgan fingerprint density at radius 3 is 2.56 bits per heavy atom. The molecule has 0 unspecified atom stereocenters. The van der Waals surface area contributed by atoms with Gasteiger partial charge in [-0.2, -0.15) is 0 Å². The van der Waals surface area contributed by atoms with Crippen LogP contribution in [0.3, 0.4) is 0 Å². The van der Waals surface area contributed by atoms with Gasteiger partial charge in [0, 0.05) is 22.8 Å². The topological polar surface area (TPSA) is 38.0 Å². The molecule has 16 heavy (non-hydrogen) atoms. The van der Waals surface area contributed by atoms with Crippen molar-refractivity contribution in [2.75, 3.05) is 11.9 Å². The molecule has 4 heteroatoms. The molecule has 1 aromatic carbocycles. The lowest BCUT2D eigenvalue weighted by atomic mass is 9.97. The summed E-state index contributed by atoms with van der Waals surface area (Å²) in [4.78, 5) is 0. The first-order valence-corrected chi connectivity index (χ1v) is 5.96. The van der Waals surface area contributed by atoms with Gasteiger partial charge in [-0.05, 0) is 31.0 Å². The first kappa shape index (κ1) is 11.7. The minimum absolute atomic E-state index is 0.0723. The first-order chi connectivity index (χ1) is 7.63. The third kappa shape index (κ3) is 2.47. The third-order valence-electron chi connectivity index (χ3n) is 3.22. The van der Waals surface area contributed by atoms with Gasteiger partial charge in [0.05, 0.1) is 0 Å². The third-order valence-corrected chi connectivity index (χ3v) is 3.44. The van der Waals surface area contributed by atoms with Gasteiger partial charge in [0.1, 0.15) is 5.82 Å². The Labute approximate surface area is 100.0 Å². The number of hydrogen-bond acceptors (Lipinski definition) is 2. The van der Waals surface area contributed by atoms with Gasteiger partial charge < -0.3 is 11.1 Å². The predicted molar refractivity (Wildman–Crippen MR) is 65.3 cm³/mol. The second kappa shape index (κ2) is 4.60. The highest BCUT2D eigenvalue weighted by Crippen LogP contribution is 2.33. The van der Waals surface area contributed by atoms with E-state index in [4.69, 9.17) is 17.3 Å². The van der Waals surface area contributed by atoms with E-state index in [1.54, 1.807) is 6.07 Å². The van der Waals surface area contributed by atoms with Crippen LogP contribution in [0, 0.1) is 5.82 Å². The van der Waals surface area contributed by atoms with Crippen molar-refractivity contribution in [3.63, 3.8) is 0 Å². The lowest BCUT2D eigenvalue weighted by Crippen LogP contribution is -2.42. The van der Waals surface area contributed by atoms with Crippen molar-refractivity contribution < 1.29 is 4.39 Å². The molecule has 0 aliphatic heterocycles. The van der Waals surface area contributed by atoms with Gasteiger partial charge in [-0.1, -0.05) is 24.4 Å². The molecular formula is C12H16ClFN2. The van der Waals surface area contributed by atoms with E-state index >= 15 is 0 Å². The number of nitrogens with one attached hydrogen (secondary N) is 1. The Bertz CT molecular complexity index is 355. The van der Waals surface area contributed by atoms with Crippen molar-refractivity contribution in [3.8, 4) is 0 Å². The minimum Gasteiger partial charge on any atom is -0.378 e. The Morgan fingerprint density at radius 1 is 1.31 bits per heavy atom. The Morgan fingerprint density at radius 2 is 2.00 bits per heavy atom. The van der Waals surface area contributed by atoms with Crippen LogP contribution in [0.2, 0.25) is 5.02 Å². The molecule has 2 nitrogen and oxygen atoms in total. The highest BCUT2D eigenvalue weighted by molar-refractivity contribution is 6.30. The molecule has 0 amide bonds.